The second-order valence-corrected chi connectivity index (χ2v) is 48.1. The predicted molar refractivity (Wildman–Crippen MR) is 593 cm³/mol. The average molecular weight is 1790 g/mol. The third-order valence-corrected chi connectivity index (χ3v) is 31.7. The number of rotatable bonds is 20. The van der Waals surface area contributed by atoms with Crippen molar-refractivity contribution in [1.29, 1.82) is 0 Å². The maximum Gasteiger partial charge on any atom is 0.148 e. The molecule has 7 heteroatoms. The minimum atomic E-state index is -1.43. The number of benzene rings is 24. The maximum atomic E-state index is 17.2. The molecule has 654 valence electrons. The largest absolute Gasteiger partial charge is 0.311 e. The van der Waals surface area contributed by atoms with Crippen molar-refractivity contribution >= 4 is 181 Å². The summed E-state index contributed by atoms with van der Waals surface area (Å²) in [6.07, 6.45) is 0. The Labute approximate surface area is 802 Å². The van der Waals surface area contributed by atoms with E-state index in [4.69, 9.17) is 0 Å². The number of nitrogens with zero attached hydrogens (tertiary/aromatic N) is 4. The summed E-state index contributed by atoms with van der Waals surface area (Å²) in [5.74, 6) is -0.297. The summed E-state index contributed by atoms with van der Waals surface area (Å²) in [5, 5.41) is 23.2. The normalized spacial score (nSPS) is 11.8. The van der Waals surface area contributed by atoms with E-state index < -0.39 is 16.1 Å². The van der Waals surface area contributed by atoms with E-state index in [2.05, 4.69) is 465 Å². The third-order valence-electron chi connectivity index (χ3n) is 27.6. The molecule has 0 saturated heterocycles. The molecule has 0 heterocycles. The summed E-state index contributed by atoms with van der Waals surface area (Å²) in [5.41, 5.74) is 25.5. The Morgan fingerprint density at radius 2 is 0.358 bits per heavy atom. The van der Waals surface area contributed by atoms with Gasteiger partial charge in [0.15, 0.2) is 0 Å². The van der Waals surface area contributed by atoms with Gasteiger partial charge in [0.05, 0.1) is 21.8 Å². The van der Waals surface area contributed by atoms with Crippen LogP contribution in [0.3, 0.4) is 0 Å². The van der Waals surface area contributed by atoms with Crippen LogP contribution >= 0.6 is 0 Å². The molecule has 0 bridgehead atoms. The molecule has 137 heavy (non-hydrogen) atoms. The van der Waals surface area contributed by atoms with Crippen molar-refractivity contribution in [2.75, 3.05) is 19.6 Å². The van der Waals surface area contributed by atoms with Crippen LogP contribution in [0.25, 0.3) is 153 Å². The smallest absolute Gasteiger partial charge is 0.148 e. The van der Waals surface area contributed by atoms with Gasteiger partial charge in [0.1, 0.15) is 5.82 Å². The summed E-state index contributed by atoms with van der Waals surface area (Å²) in [6, 6.07) is 177. The SMILES string of the molecule is C[Si](C)(C)c1ccc(N(c2ccccc2)c2ccc(-c3ccc4c5ccccc5c5ccc(-c6ccc(N(c7ccccc7)c7ccc([Si](C)(C)C)cc7)cc6)c6ccc3c4c65)cc2)cc1.Fc1cc(-c2ccccc2)cc(-c2ccccc2)c1N(c1ccccc1)c1ccc(-c2ccc3c4ccccc4c4ccc(-c5ccc(N(c6ccccc6)c6ccccc6)cc5)c5ccc2c3c54)cc1. The number of fused-ring (bicyclic) bond motifs is 6. The summed E-state index contributed by atoms with van der Waals surface area (Å²) in [4.78, 5) is 9.10. The van der Waals surface area contributed by atoms with Crippen LogP contribution in [0.2, 0.25) is 39.3 Å². The molecule has 0 amide bonds. The van der Waals surface area contributed by atoms with Gasteiger partial charge >= 0.3 is 0 Å². The molecule has 0 unspecified atom stereocenters. The van der Waals surface area contributed by atoms with Crippen LogP contribution in [0.5, 0.6) is 0 Å². The number of anilines is 12. The molecule has 0 aromatic heterocycles. The molecule has 4 nitrogen and oxygen atoms in total. The fourth-order valence-corrected chi connectivity index (χ4v) is 23.2. The van der Waals surface area contributed by atoms with E-state index in [-0.39, 0.29) is 5.82 Å². The first-order chi connectivity index (χ1) is 67.2. The van der Waals surface area contributed by atoms with E-state index >= 15 is 4.39 Å². The summed E-state index contributed by atoms with van der Waals surface area (Å²) in [6.45, 7) is 14.4. The topological polar surface area (TPSA) is 13.0 Å². The van der Waals surface area contributed by atoms with Crippen LogP contribution in [-0.2, 0) is 0 Å². The zero-order chi connectivity index (χ0) is 92.4. The molecular weight excluding hydrogens is 1690 g/mol. The first kappa shape index (κ1) is 84.7. The van der Waals surface area contributed by atoms with E-state index in [0.717, 1.165) is 102 Å². The zero-order valence-corrected chi connectivity index (χ0v) is 79.4. The van der Waals surface area contributed by atoms with Gasteiger partial charge in [-0.2, -0.15) is 0 Å². The Bertz CT molecular complexity index is 8240. The van der Waals surface area contributed by atoms with Crippen LogP contribution in [-0.4, -0.2) is 16.1 Å². The molecule has 0 N–H and O–H groups in total. The van der Waals surface area contributed by atoms with Crippen LogP contribution in [0, 0.1) is 5.82 Å². The Hall–Kier alpha value is -16.6. The minimum absolute atomic E-state index is 0.297. The van der Waals surface area contributed by atoms with Crippen LogP contribution in [0.4, 0.5) is 72.6 Å². The Kier molecular flexibility index (Phi) is 21.9. The Morgan fingerprint density at radius 1 is 0.153 bits per heavy atom. The van der Waals surface area contributed by atoms with Crippen molar-refractivity contribution in [3.63, 3.8) is 0 Å². The molecule has 0 aliphatic rings. The molecule has 0 fully saturated rings. The van der Waals surface area contributed by atoms with Crippen molar-refractivity contribution in [2.24, 2.45) is 0 Å². The lowest BCUT2D eigenvalue weighted by Gasteiger charge is -2.29. The molecule has 0 radical (unpaired) electrons. The zero-order valence-electron chi connectivity index (χ0n) is 77.4. The summed E-state index contributed by atoms with van der Waals surface area (Å²) >= 11 is 0. The highest BCUT2D eigenvalue weighted by molar-refractivity contribution is 6.89. The van der Waals surface area contributed by atoms with Gasteiger partial charge in [-0.15, -0.1) is 0 Å². The first-order valence-electron chi connectivity index (χ1n) is 47.4. The molecule has 0 atom stereocenters. The Morgan fingerprint density at radius 3 is 0.620 bits per heavy atom. The van der Waals surface area contributed by atoms with Gasteiger partial charge in [-0.1, -0.05) is 395 Å². The molecule has 24 aromatic carbocycles. The number of para-hydroxylation sites is 5. The van der Waals surface area contributed by atoms with Crippen LogP contribution in [0.15, 0.2) is 491 Å². The van der Waals surface area contributed by atoms with Crippen molar-refractivity contribution in [2.45, 2.75) is 39.3 Å². The highest BCUT2D eigenvalue weighted by atomic mass is 28.3. The first-order valence-corrected chi connectivity index (χ1v) is 54.4. The number of hydrogen-bond donors (Lipinski definition) is 0. The second-order valence-electron chi connectivity index (χ2n) is 37.9. The maximum absolute atomic E-state index is 17.2. The van der Waals surface area contributed by atoms with Crippen LogP contribution in [0.1, 0.15) is 0 Å². The fourth-order valence-electron chi connectivity index (χ4n) is 20.9. The summed E-state index contributed by atoms with van der Waals surface area (Å²) in [7, 11) is -2.86. The predicted octanol–water partition coefficient (Wildman–Crippen LogP) is 36.6. The van der Waals surface area contributed by atoms with Crippen molar-refractivity contribution in [1.82, 2.24) is 0 Å². The van der Waals surface area contributed by atoms with Crippen molar-refractivity contribution in [3.8, 4) is 66.8 Å². The molecule has 24 aromatic rings. The molecule has 0 aliphatic carbocycles. The lowest BCUT2D eigenvalue weighted by Crippen LogP contribution is -2.37. The minimum Gasteiger partial charge on any atom is -0.311 e. The average Bonchev–Trinajstić information content (AvgIpc) is 0.716. The van der Waals surface area contributed by atoms with Gasteiger partial charge in [0, 0.05) is 68.1 Å². The number of halogens is 1. The molecule has 0 saturated carbocycles. The molecule has 0 spiro atoms. The molecular formula is C130H99FN4Si2. The molecule has 24 rings (SSSR count). The quantitative estimate of drug-likeness (QED) is 0.0428. The monoisotopic (exact) mass is 1790 g/mol. The van der Waals surface area contributed by atoms with E-state index in [0.29, 0.717) is 5.69 Å². The van der Waals surface area contributed by atoms with Crippen molar-refractivity contribution < 1.29 is 4.39 Å². The van der Waals surface area contributed by atoms with Gasteiger partial charge in [-0.05, 0) is 293 Å². The van der Waals surface area contributed by atoms with Gasteiger partial charge in [-0.25, -0.2) is 4.39 Å². The standard InChI is InChI=1S/C68H45FN2.C62H54N2Si2/c69-65-45-50(46-18-6-1-7-19-46)44-64(47-20-8-2-9-21-47)68(65)71(53-26-14-5-15-27-53)55-36-32-49(33-37-55)57-39-41-63-59-29-17-16-28-58(59)62-40-38-56(60-42-43-61(57)67(63)66(60)62)48-30-34-54(35-31-48)70(51-22-10-3-11-23-51)52-24-12-4-13-25-52;1-65(2,3)51-33-29-49(30-34-51)63(45-15-9-7-10-16-45)47-25-21-43(22-26-47)53-37-39-59-55-19-13-14-20-56(55)60-40-38-54(58-42-41-57(53)61(59)62(58)60)44-23-27-48(28-24-44)64(46-17-11-8-12-18-46)50-31-35-52(36-32-50)66(4,5)6/h1-45H;7-42H,1-6H3. The summed E-state index contributed by atoms with van der Waals surface area (Å²) < 4.78 is 17.2. The Balaban J connectivity index is 0.000000154. The van der Waals surface area contributed by atoms with Gasteiger partial charge in [-0.3, -0.25) is 0 Å². The lowest BCUT2D eigenvalue weighted by molar-refractivity contribution is 0.630. The van der Waals surface area contributed by atoms with E-state index in [9.17, 15) is 0 Å². The molecule has 0 aliphatic heterocycles. The highest BCUT2D eigenvalue weighted by Gasteiger charge is 2.28. The number of hydrogen-bond acceptors (Lipinski definition) is 4. The van der Waals surface area contributed by atoms with Gasteiger partial charge in [0.25, 0.3) is 0 Å². The van der Waals surface area contributed by atoms with Crippen LogP contribution < -0.4 is 30.0 Å². The van der Waals surface area contributed by atoms with Crippen molar-refractivity contribution in [3.05, 3.63) is 497 Å². The lowest BCUT2D eigenvalue weighted by atomic mass is 9.84. The van der Waals surface area contributed by atoms with Gasteiger partial charge in [0.2, 0.25) is 0 Å². The van der Waals surface area contributed by atoms with Gasteiger partial charge < -0.3 is 19.6 Å². The van der Waals surface area contributed by atoms with E-state index in [1.165, 1.54) is 124 Å². The highest BCUT2D eigenvalue weighted by Crippen LogP contribution is 2.52. The van der Waals surface area contributed by atoms with E-state index in [1.807, 2.05) is 78.9 Å². The fraction of sp³-hybridized carbons (Fsp3) is 0.0462. The second kappa shape index (κ2) is 35.4. The van der Waals surface area contributed by atoms with E-state index in [1.54, 1.807) is 6.07 Å². The third kappa shape index (κ3) is 15.7.